The van der Waals surface area contributed by atoms with Gasteiger partial charge >= 0.3 is 0 Å². The molecule has 5 N–H and O–H groups in total. The zero-order valence-electron chi connectivity index (χ0n) is 7.37. The van der Waals surface area contributed by atoms with E-state index in [0.29, 0.717) is 0 Å². The average molecular weight is 176 g/mol. The smallest absolute Gasteiger partial charge is 0.236 e. The van der Waals surface area contributed by atoms with Crippen LogP contribution in [-0.4, -0.2) is 40.9 Å². The second kappa shape index (κ2) is 4.39. The highest BCUT2D eigenvalue weighted by molar-refractivity contribution is 5.80. The van der Waals surface area contributed by atoms with Gasteiger partial charge in [0, 0.05) is 6.54 Å². The van der Waals surface area contributed by atoms with Crippen LogP contribution in [0, 0.1) is 0 Å². The summed E-state index contributed by atoms with van der Waals surface area (Å²) in [7, 11) is 0. The van der Waals surface area contributed by atoms with Crippen molar-refractivity contribution in [3.8, 4) is 0 Å². The van der Waals surface area contributed by atoms with Crippen molar-refractivity contribution in [2.24, 2.45) is 5.73 Å². The summed E-state index contributed by atoms with van der Waals surface area (Å²) in [6.45, 7) is 2.58. The molecule has 5 heteroatoms. The molecule has 0 saturated carbocycles. The predicted octanol–water partition coefficient (Wildman–Crippen LogP) is -1.81. The van der Waals surface area contributed by atoms with E-state index in [4.69, 9.17) is 10.8 Å². The Labute approximate surface area is 71.6 Å². The fourth-order valence-corrected chi connectivity index (χ4v) is 0.494. The number of aliphatic hydroxyl groups is 2. The first-order valence-corrected chi connectivity index (χ1v) is 3.75. The Morgan fingerprint density at radius 2 is 2.25 bits per heavy atom. The van der Waals surface area contributed by atoms with Gasteiger partial charge in [-0.3, -0.25) is 4.79 Å². The quantitative estimate of drug-likeness (QED) is 0.406. The van der Waals surface area contributed by atoms with Crippen molar-refractivity contribution in [3.63, 3.8) is 0 Å². The molecule has 0 saturated heterocycles. The van der Waals surface area contributed by atoms with Crippen LogP contribution in [0.3, 0.4) is 0 Å². The summed E-state index contributed by atoms with van der Waals surface area (Å²) in [5.74, 6) is -0.344. The van der Waals surface area contributed by atoms with Crippen molar-refractivity contribution in [3.05, 3.63) is 0 Å². The van der Waals surface area contributed by atoms with Crippen molar-refractivity contribution < 1.29 is 15.0 Å². The molecule has 1 unspecified atom stereocenters. The lowest BCUT2D eigenvalue weighted by atomic mass is 10.1. The van der Waals surface area contributed by atoms with Gasteiger partial charge in [0.15, 0.2) is 0 Å². The van der Waals surface area contributed by atoms with E-state index in [2.05, 4.69) is 5.32 Å². The van der Waals surface area contributed by atoms with Crippen LogP contribution in [0.2, 0.25) is 0 Å². The van der Waals surface area contributed by atoms with Crippen molar-refractivity contribution in [1.82, 2.24) is 5.32 Å². The van der Waals surface area contributed by atoms with E-state index in [0.717, 1.165) is 0 Å². The minimum Gasteiger partial charge on any atom is -0.393 e. The number of carbonyl (C=O) groups excluding carboxylic acids is 1. The Hall–Kier alpha value is -0.650. The molecule has 0 aromatic rings. The van der Waals surface area contributed by atoms with Crippen LogP contribution in [0.15, 0.2) is 0 Å². The van der Waals surface area contributed by atoms with Crippen LogP contribution in [0.1, 0.15) is 13.8 Å². The van der Waals surface area contributed by atoms with Gasteiger partial charge in [-0.1, -0.05) is 0 Å². The SMILES string of the molecule is C[C@@H](N)C(=O)NCC(C)(O)CO. The summed E-state index contributed by atoms with van der Waals surface area (Å²) in [6, 6.07) is -0.598. The highest BCUT2D eigenvalue weighted by Gasteiger charge is 2.20. The predicted molar refractivity (Wildman–Crippen MR) is 44.4 cm³/mol. The van der Waals surface area contributed by atoms with Crippen LogP contribution in [0.5, 0.6) is 0 Å². The number of amides is 1. The molecule has 72 valence electrons. The lowest BCUT2D eigenvalue weighted by Crippen LogP contribution is -2.47. The Morgan fingerprint density at radius 1 is 1.75 bits per heavy atom. The molecule has 0 fully saturated rings. The Kier molecular flexibility index (Phi) is 4.16. The molecule has 0 aromatic carbocycles. The summed E-state index contributed by atoms with van der Waals surface area (Å²) in [6.07, 6.45) is 0. The Balaban J connectivity index is 3.76. The normalized spacial score (nSPS) is 18.1. The number of aliphatic hydroxyl groups excluding tert-OH is 1. The van der Waals surface area contributed by atoms with Crippen molar-refractivity contribution >= 4 is 5.91 Å². The number of hydrogen-bond donors (Lipinski definition) is 4. The van der Waals surface area contributed by atoms with Gasteiger partial charge in [0.05, 0.1) is 12.6 Å². The number of carbonyl (C=O) groups is 1. The summed E-state index contributed by atoms with van der Waals surface area (Å²) >= 11 is 0. The van der Waals surface area contributed by atoms with Gasteiger partial charge in [-0.15, -0.1) is 0 Å². The molecule has 0 bridgehead atoms. The number of rotatable bonds is 4. The molecule has 0 radical (unpaired) electrons. The van der Waals surface area contributed by atoms with Crippen LogP contribution >= 0.6 is 0 Å². The molecule has 0 aliphatic rings. The zero-order chi connectivity index (χ0) is 9.78. The van der Waals surface area contributed by atoms with E-state index in [9.17, 15) is 9.90 Å². The van der Waals surface area contributed by atoms with Gasteiger partial charge in [-0.2, -0.15) is 0 Å². The number of nitrogens with two attached hydrogens (primary N) is 1. The van der Waals surface area contributed by atoms with E-state index in [1.54, 1.807) is 6.92 Å². The average Bonchev–Trinajstić information content (AvgIpc) is 2.00. The zero-order valence-corrected chi connectivity index (χ0v) is 7.37. The monoisotopic (exact) mass is 176 g/mol. The summed E-state index contributed by atoms with van der Waals surface area (Å²) in [4.78, 5) is 10.9. The largest absolute Gasteiger partial charge is 0.393 e. The topological polar surface area (TPSA) is 95.6 Å². The summed E-state index contributed by atoms with van der Waals surface area (Å²) in [5, 5.41) is 20.3. The van der Waals surface area contributed by atoms with Crippen LogP contribution in [0.25, 0.3) is 0 Å². The highest BCUT2D eigenvalue weighted by Crippen LogP contribution is 1.98. The molecular formula is C7H16N2O3. The third-order valence-electron chi connectivity index (χ3n) is 1.40. The van der Waals surface area contributed by atoms with Crippen molar-refractivity contribution in [2.75, 3.05) is 13.2 Å². The molecule has 0 aliphatic carbocycles. The molecule has 0 rings (SSSR count). The van der Waals surface area contributed by atoms with E-state index < -0.39 is 18.2 Å². The highest BCUT2D eigenvalue weighted by atomic mass is 16.3. The maximum atomic E-state index is 10.9. The second-order valence-corrected chi connectivity index (χ2v) is 3.16. The maximum absolute atomic E-state index is 10.9. The van der Waals surface area contributed by atoms with Crippen LogP contribution in [0.4, 0.5) is 0 Å². The fourth-order valence-electron chi connectivity index (χ4n) is 0.494. The molecule has 5 nitrogen and oxygen atoms in total. The summed E-state index contributed by atoms with van der Waals surface area (Å²) < 4.78 is 0. The van der Waals surface area contributed by atoms with Gasteiger partial charge in [0.25, 0.3) is 0 Å². The van der Waals surface area contributed by atoms with Gasteiger partial charge < -0.3 is 21.3 Å². The molecular weight excluding hydrogens is 160 g/mol. The minimum atomic E-state index is -1.27. The molecule has 1 amide bonds. The van der Waals surface area contributed by atoms with E-state index in [-0.39, 0.29) is 12.5 Å². The van der Waals surface area contributed by atoms with Crippen molar-refractivity contribution in [1.29, 1.82) is 0 Å². The van der Waals surface area contributed by atoms with Gasteiger partial charge in [-0.05, 0) is 13.8 Å². The Morgan fingerprint density at radius 3 is 2.58 bits per heavy atom. The third-order valence-corrected chi connectivity index (χ3v) is 1.40. The molecule has 0 aliphatic heterocycles. The Bertz CT molecular complexity index is 157. The van der Waals surface area contributed by atoms with Crippen LogP contribution < -0.4 is 11.1 Å². The lowest BCUT2D eigenvalue weighted by molar-refractivity contribution is -0.123. The first kappa shape index (κ1) is 11.4. The molecule has 0 spiro atoms. The maximum Gasteiger partial charge on any atom is 0.236 e. The lowest BCUT2D eigenvalue weighted by Gasteiger charge is -2.21. The standard InChI is InChI=1S/C7H16N2O3/c1-5(8)6(11)9-3-7(2,12)4-10/h5,10,12H,3-4,8H2,1-2H3,(H,9,11)/t5-,7?/m1/s1. The minimum absolute atomic E-state index is 0.00384. The van der Waals surface area contributed by atoms with Crippen LogP contribution in [-0.2, 0) is 4.79 Å². The third kappa shape index (κ3) is 4.27. The van der Waals surface area contributed by atoms with Gasteiger partial charge in [-0.25, -0.2) is 0 Å². The van der Waals surface area contributed by atoms with Crippen molar-refractivity contribution in [2.45, 2.75) is 25.5 Å². The number of nitrogens with one attached hydrogen (secondary N) is 1. The fraction of sp³-hybridized carbons (Fsp3) is 0.857. The van der Waals surface area contributed by atoms with Gasteiger partial charge in [0.1, 0.15) is 5.60 Å². The first-order chi connectivity index (χ1) is 5.39. The van der Waals surface area contributed by atoms with E-state index in [1.807, 2.05) is 0 Å². The van der Waals surface area contributed by atoms with E-state index >= 15 is 0 Å². The molecule has 0 aromatic heterocycles. The molecule has 2 atom stereocenters. The van der Waals surface area contributed by atoms with Gasteiger partial charge in [0.2, 0.25) is 5.91 Å². The second-order valence-electron chi connectivity index (χ2n) is 3.16. The summed E-state index contributed by atoms with van der Waals surface area (Å²) in [5.41, 5.74) is 3.98. The molecule has 0 heterocycles. The molecule has 12 heavy (non-hydrogen) atoms. The number of hydrogen-bond acceptors (Lipinski definition) is 4. The first-order valence-electron chi connectivity index (χ1n) is 3.75. The van der Waals surface area contributed by atoms with E-state index in [1.165, 1.54) is 6.92 Å².